The molecule has 0 aromatic carbocycles. The number of ether oxygens (including phenoxy) is 1. The van der Waals surface area contributed by atoms with E-state index in [2.05, 4.69) is 12.2 Å². The Hall–Kier alpha value is -1.36. The number of carbonyl (C=O) groups excluding carboxylic acids is 2. The predicted molar refractivity (Wildman–Crippen MR) is 80.4 cm³/mol. The number of rotatable bonds is 4. The van der Waals surface area contributed by atoms with Crippen LogP contribution in [0.2, 0.25) is 0 Å². The van der Waals surface area contributed by atoms with Gasteiger partial charge in [0.05, 0.1) is 12.7 Å². The smallest absolute Gasteiger partial charge is 0.341 e. The van der Waals surface area contributed by atoms with E-state index in [-0.39, 0.29) is 11.9 Å². The molecular weight excluding hydrogens is 274 g/mol. The molecule has 0 spiro atoms. The maximum Gasteiger partial charge on any atom is 0.341 e. The van der Waals surface area contributed by atoms with Gasteiger partial charge in [0.1, 0.15) is 5.00 Å². The minimum absolute atomic E-state index is 0.0377. The number of thiophene rings is 1. The summed E-state index contributed by atoms with van der Waals surface area (Å²) in [5.74, 6) is 0.249. The van der Waals surface area contributed by atoms with Crippen molar-refractivity contribution in [3.05, 3.63) is 16.0 Å². The Morgan fingerprint density at radius 2 is 2.20 bits per heavy atom. The topological polar surface area (TPSA) is 55.4 Å². The van der Waals surface area contributed by atoms with Gasteiger partial charge in [-0.25, -0.2) is 4.79 Å². The highest BCUT2D eigenvalue weighted by molar-refractivity contribution is 7.17. The van der Waals surface area contributed by atoms with Crippen molar-refractivity contribution in [3.63, 3.8) is 0 Å². The average molecular weight is 295 g/mol. The van der Waals surface area contributed by atoms with Crippen molar-refractivity contribution in [3.8, 4) is 0 Å². The van der Waals surface area contributed by atoms with Crippen LogP contribution in [0.25, 0.3) is 0 Å². The van der Waals surface area contributed by atoms with Gasteiger partial charge < -0.3 is 10.1 Å². The molecule has 0 fully saturated rings. The fraction of sp³-hybridized carbons (Fsp3) is 0.600. The summed E-state index contributed by atoms with van der Waals surface area (Å²) in [7, 11) is 1.38. The molecule has 1 unspecified atom stereocenters. The van der Waals surface area contributed by atoms with E-state index in [1.54, 1.807) is 0 Å². The third kappa shape index (κ3) is 3.03. The molecule has 0 bridgehead atoms. The zero-order valence-electron chi connectivity index (χ0n) is 12.2. The fourth-order valence-electron chi connectivity index (χ4n) is 2.57. The van der Waals surface area contributed by atoms with Crippen LogP contribution in [0, 0.1) is 5.92 Å². The van der Waals surface area contributed by atoms with E-state index in [0.717, 1.165) is 31.2 Å². The quantitative estimate of drug-likeness (QED) is 0.866. The molecule has 20 heavy (non-hydrogen) atoms. The number of methoxy groups -OCH3 is 1. The first kappa shape index (κ1) is 15.0. The Kier molecular flexibility index (Phi) is 4.81. The molecule has 1 heterocycles. The van der Waals surface area contributed by atoms with Crippen molar-refractivity contribution < 1.29 is 14.3 Å². The average Bonchev–Trinajstić information content (AvgIpc) is 2.74. The van der Waals surface area contributed by atoms with Crippen LogP contribution in [0.15, 0.2) is 0 Å². The van der Waals surface area contributed by atoms with E-state index in [0.29, 0.717) is 22.9 Å². The second-order valence-corrected chi connectivity index (χ2v) is 6.45. The first-order valence-electron chi connectivity index (χ1n) is 7.09. The molecule has 0 aliphatic heterocycles. The molecular formula is C15H21NO3S. The number of fused-ring (bicyclic) bond motifs is 1. The van der Waals surface area contributed by atoms with E-state index < -0.39 is 0 Å². The minimum Gasteiger partial charge on any atom is -0.465 e. The van der Waals surface area contributed by atoms with Crippen LogP contribution in [0.5, 0.6) is 0 Å². The monoisotopic (exact) mass is 295 g/mol. The van der Waals surface area contributed by atoms with Crippen LogP contribution in [-0.2, 0) is 22.4 Å². The van der Waals surface area contributed by atoms with E-state index >= 15 is 0 Å². The Bertz CT molecular complexity index is 521. The van der Waals surface area contributed by atoms with Gasteiger partial charge in [0, 0.05) is 11.3 Å². The molecule has 2 rings (SSSR count). The number of nitrogens with one attached hydrogen (secondary N) is 1. The summed E-state index contributed by atoms with van der Waals surface area (Å²) in [6.07, 6.45) is 4.21. The molecule has 1 amide bonds. The van der Waals surface area contributed by atoms with Crippen LogP contribution < -0.4 is 5.32 Å². The van der Waals surface area contributed by atoms with Crippen molar-refractivity contribution in [2.45, 2.75) is 46.0 Å². The molecule has 110 valence electrons. The van der Waals surface area contributed by atoms with Crippen LogP contribution in [0.3, 0.4) is 0 Å². The first-order valence-corrected chi connectivity index (χ1v) is 7.91. The summed E-state index contributed by atoms with van der Waals surface area (Å²) in [6.45, 7) is 4.18. The van der Waals surface area contributed by atoms with Gasteiger partial charge in [0.25, 0.3) is 0 Å². The van der Waals surface area contributed by atoms with E-state index in [1.807, 2.05) is 6.92 Å². The lowest BCUT2D eigenvalue weighted by molar-refractivity contribution is -0.116. The molecule has 1 aliphatic carbocycles. The first-order chi connectivity index (χ1) is 9.56. The summed E-state index contributed by atoms with van der Waals surface area (Å²) >= 11 is 1.53. The van der Waals surface area contributed by atoms with Gasteiger partial charge in [0.15, 0.2) is 0 Å². The van der Waals surface area contributed by atoms with Crippen molar-refractivity contribution in [2.75, 3.05) is 12.4 Å². The van der Waals surface area contributed by atoms with E-state index in [1.165, 1.54) is 23.3 Å². The summed E-state index contributed by atoms with van der Waals surface area (Å²) in [4.78, 5) is 25.0. The number of anilines is 1. The lowest BCUT2D eigenvalue weighted by atomic mass is 9.88. The molecule has 1 atom stereocenters. The number of amides is 1. The summed E-state index contributed by atoms with van der Waals surface area (Å²) in [5.41, 5.74) is 1.65. The van der Waals surface area contributed by atoms with Crippen LogP contribution in [-0.4, -0.2) is 19.0 Å². The summed E-state index contributed by atoms with van der Waals surface area (Å²) in [6, 6.07) is 0. The highest BCUT2D eigenvalue weighted by Crippen LogP contribution is 2.40. The number of esters is 1. The second-order valence-electron chi connectivity index (χ2n) is 5.35. The van der Waals surface area contributed by atoms with Crippen LogP contribution in [0.1, 0.15) is 53.9 Å². The van der Waals surface area contributed by atoms with E-state index in [9.17, 15) is 9.59 Å². The Labute approximate surface area is 123 Å². The fourth-order valence-corrected chi connectivity index (χ4v) is 3.99. The zero-order valence-corrected chi connectivity index (χ0v) is 13.1. The SMILES string of the molecule is CCCC(=O)Nc1sc2c(c1C(=O)OC)CCC(C)C2. The van der Waals surface area contributed by atoms with Crippen molar-refractivity contribution in [1.82, 2.24) is 0 Å². The predicted octanol–water partition coefficient (Wildman–Crippen LogP) is 3.40. The van der Waals surface area contributed by atoms with Gasteiger partial charge in [-0.3, -0.25) is 4.79 Å². The minimum atomic E-state index is -0.344. The van der Waals surface area contributed by atoms with Crippen molar-refractivity contribution in [2.24, 2.45) is 5.92 Å². The van der Waals surface area contributed by atoms with Crippen LogP contribution in [0.4, 0.5) is 5.00 Å². The summed E-state index contributed by atoms with van der Waals surface area (Å²) in [5, 5.41) is 3.54. The maximum atomic E-state index is 12.0. The molecule has 0 radical (unpaired) electrons. The molecule has 5 heteroatoms. The molecule has 1 aromatic heterocycles. The zero-order chi connectivity index (χ0) is 14.7. The lowest BCUT2D eigenvalue weighted by Gasteiger charge is -2.18. The molecule has 0 saturated carbocycles. The van der Waals surface area contributed by atoms with Crippen LogP contribution >= 0.6 is 11.3 Å². The third-order valence-electron chi connectivity index (χ3n) is 3.63. The lowest BCUT2D eigenvalue weighted by Crippen LogP contribution is -2.15. The number of carbonyl (C=O) groups is 2. The third-order valence-corrected chi connectivity index (χ3v) is 4.80. The number of hydrogen-bond acceptors (Lipinski definition) is 4. The molecule has 4 nitrogen and oxygen atoms in total. The standard InChI is InChI=1S/C15H21NO3S/c1-4-5-12(17)16-14-13(15(18)19-3)10-7-6-9(2)8-11(10)20-14/h9H,4-8H2,1-3H3,(H,16,17). The van der Waals surface area contributed by atoms with Crippen molar-refractivity contribution in [1.29, 1.82) is 0 Å². The second kappa shape index (κ2) is 6.39. The van der Waals surface area contributed by atoms with Gasteiger partial charge >= 0.3 is 5.97 Å². The van der Waals surface area contributed by atoms with Crippen molar-refractivity contribution >= 4 is 28.2 Å². The van der Waals surface area contributed by atoms with Gasteiger partial charge in [-0.15, -0.1) is 11.3 Å². The highest BCUT2D eigenvalue weighted by Gasteiger charge is 2.28. The summed E-state index contributed by atoms with van der Waals surface area (Å²) < 4.78 is 4.89. The van der Waals surface area contributed by atoms with Gasteiger partial charge in [-0.1, -0.05) is 13.8 Å². The molecule has 1 aromatic rings. The molecule has 0 saturated heterocycles. The Morgan fingerprint density at radius 3 is 2.85 bits per heavy atom. The van der Waals surface area contributed by atoms with E-state index in [4.69, 9.17) is 4.74 Å². The molecule has 1 aliphatic rings. The van der Waals surface area contributed by atoms with Gasteiger partial charge in [0.2, 0.25) is 5.91 Å². The number of hydrogen-bond donors (Lipinski definition) is 1. The Morgan fingerprint density at radius 1 is 1.45 bits per heavy atom. The maximum absolute atomic E-state index is 12.0. The largest absolute Gasteiger partial charge is 0.465 e. The normalized spacial score (nSPS) is 17.4. The Balaban J connectivity index is 2.35. The molecule has 1 N–H and O–H groups in total. The van der Waals surface area contributed by atoms with Gasteiger partial charge in [-0.2, -0.15) is 0 Å². The highest BCUT2D eigenvalue weighted by atomic mass is 32.1. The van der Waals surface area contributed by atoms with Gasteiger partial charge in [-0.05, 0) is 37.2 Å².